The lowest BCUT2D eigenvalue weighted by Gasteiger charge is -2.70. The Morgan fingerprint density at radius 2 is 2.17 bits per heavy atom. The van der Waals surface area contributed by atoms with Crippen LogP contribution in [-0.4, -0.2) is 5.78 Å². The molecule has 0 aliphatic heterocycles. The van der Waals surface area contributed by atoms with E-state index < -0.39 is 0 Å². The fourth-order valence-electron chi connectivity index (χ4n) is 6.54. The van der Waals surface area contributed by atoms with Gasteiger partial charge in [0, 0.05) is 11.8 Å². The van der Waals surface area contributed by atoms with Crippen LogP contribution < -0.4 is 0 Å². The normalized spacial score (nSPS) is 84.4. The molecule has 0 aromatic carbocycles. The maximum Gasteiger partial charge on any atom is 0.140 e. The summed E-state index contributed by atoms with van der Waals surface area (Å²) < 4.78 is 0. The van der Waals surface area contributed by atoms with Crippen LogP contribution in [0.4, 0.5) is 0 Å². The molecule has 0 aromatic rings. The van der Waals surface area contributed by atoms with Crippen LogP contribution in [0.2, 0.25) is 0 Å². The third-order valence-corrected chi connectivity index (χ3v) is 6.35. The lowest BCUT2D eigenvalue weighted by molar-refractivity contribution is -0.248. The molecule has 4 bridgehead atoms. The summed E-state index contributed by atoms with van der Waals surface area (Å²) in [6, 6.07) is 0. The first-order valence-corrected chi connectivity index (χ1v) is 5.30. The second-order valence-corrected chi connectivity index (χ2v) is 5.96. The minimum Gasteiger partial charge on any atom is -0.299 e. The highest BCUT2D eigenvalue weighted by atomic mass is 16.1. The van der Waals surface area contributed by atoms with Gasteiger partial charge in [0.25, 0.3) is 0 Å². The van der Waals surface area contributed by atoms with Crippen molar-refractivity contribution in [1.29, 1.82) is 0 Å². The topological polar surface area (TPSA) is 17.1 Å². The third kappa shape index (κ3) is 0.219. The molecule has 62 valence electrons. The van der Waals surface area contributed by atoms with Crippen molar-refractivity contribution in [3.05, 3.63) is 0 Å². The van der Waals surface area contributed by atoms with Crippen molar-refractivity contribution in [2.24, 2.45) is 46.8 Å². The van der Waals surface area contributed by atoms with Gasteiger partial charge in [-0.15, -0.1) is 0 Å². The summed E-state index contributed by atoms with van der Waals surface area (Å²) in [4.78, 5) is 11.9. The fourth-order valence-corrected chi connectivity index (χ4v) is 6.54. The maximum absolute atomic E-state index is 11.9. The van der Waals surface area contributed by atoms with Gasteiger partial charge in [0.2, 0.25) is 0 Å². The lowest BCUT2D eigenvalue weighted by Crippen LogP contribution is -2.68. The van der Waals surface area contributed by atoms with Gasteiger partial charge in [-0.3, -0.25) is 4.79 Å². The van der Waals surface area contributed by atoms with Crippen molar-refractivity contribution in [3.8, 4) is 0 Å². The van der Waals surface area contributed by atoms with E-state index in [1.165, 1.54) is 6.42 Å². The molecule has 1 nitrogen and oxygen atoms in total. The number of rotatable bonds is 0. The van der Waals surface area contributed by atoms with Crippen molar-refractivity contribution in [1.82, 2.24) is 0 Å². The van der Waals surface area contributed by atoms with E-state index in [2.05, 4.69) is 6.92 Å². The van der Waals surface area contributed by atoms with Crippen LogP contribution in [0.15, 0.2) is 0 Å². The fraction of sp³-hybridized carbons (Fsp3) is 0.909. The van der Waals surface area contributed by atoms with Crippen LogP contribution in [0, 0.1) is 46.8 Å². The summed E-state index contributed by atoms with van der Waals surface area (Å²) in [7, 11) is 0. The number of ketones is 1. The molecule has 0 radical (unpaired) electrons. The first kappa shape index (κ1) is 5.41. The third-order valence-electron chi connectivity index (χ3n) is 6.35. The van der Waals surface area contributed by atoms with E-state index in [0.29, 0.717) is 23.0 Å². The highest BCUT2D eigenvalue weighted by molar-refractivity contribution is 5.94. The van der Waals surface area contributed by atoms with Crippen molar-refractivity contribution in [2.75, 3.05) is 0 Å². The SMILES string of the molecule is CC12C3C(=O)C4C5CC(C41)C2C53. The average molecular weight is 160 g/mol. The predicted octanol–water partition coefficient (Wildman–Crippen LogP) is 1.33. The number of carbonyl (C=O) groups excluding carboxylic acids is 1. The van der Waals surface area contributed by atoms with E-state index >= 15 is 0 Å². The molecule has 8 atom stereocenters. The Kier molecular flexibility index (Phi) is 0.478. The van der Waals surface area contributed by atoms with Gasteiger partial charge < -0.3 is 0 Å². The minimum absolute atomic E-state index is 0.546. The van der Waals surface area contributed by atoms with Crippen molar-refractivity contribution >= 4 is 5.78 Å². The van der Waals surface area contributed by atoms with E-state index in [9.17, 15) is 4.79 Å². The summed E-state index contributed by atoms with van der Waals surface area (Å²) in [6.07, 6.45) is 1.43. The molecule has 12 heavy (non-hydrogen) atoms. The van der Waals surface area contributed by atoms with Crippen molar-refractivity contribution in [3.63, 3.8) is 0 Å². The average Bonchev–Trinajstić information content (AvgIpc) is 2.54. The van der Waals surface area contributed by atoms with E-state index in [4.69, 9.17) is 0 Å². The van der Waals surface area contributed by atoms with Crippen LogP contribution in [0.5, 0.6) is 0 Å². The number of hydrogen-bond acceptors (Lipinski definition) is 1. The summed E-state index contributed by atoms with van der Waals surface area (Å²) in [5, 5.41) is 0. The zero-order valence-electron chi connectivity index (χ0n) is 7.16. The van der Waals surface area contributed by atoms with E-state index in [0.717, 1.165) is 29.6 Å². The van der Waals surface area contributed by atoms with Crippen LogP contribution >= 0.6 is 0 Å². The molecular weight excluding hydrogens is 148 g/mol. The van der Waals surface area contributed by atoms with Crippen molar-refractivity contribution in [2.45, 2.75) is 13.3 Å². The van der Waals surface area contributed by atoms with Crippen LogP contribution in [0.1, 0.15) is 13.3 Å². The highest BCUT2D eigenvalue weighted by Gasteiger charge is 2.92. The van der Waals surface area contributed by atoms with Crippen molar-refractivity contribution < 1.29 is 4.79 Å². The molecule has 8 unspecified atom stereocenters. The number of hydrogen-bond donors (Lipinski definition) is 0. The minimum atomic E-state index is 0.546. The molecule has 1 heteroatoms. The van der Waals surface area contributed by atoms with Gasteiger partial charge in [0.1, 0.15) is 5.78 Å². The number of carbonyl (C=O) groups is 1. The predicted molar refractivity (Wildman–Crippen MR) is 42.2 cm³/mol. The quantitative estimate of drug-likeness (QED) is 0.522. The molecule has 6 aliphatic rings. The van der Waals surface area contributed by atoms with Gasteiger partial charge in [-0.25, -0.2) is 0 Å². The first-order valence-electron chi connectivity index (χ1n) is 5.30. The van der Waals surface area contributed by atoms with Gasteiger partial charge >= 0.3 is 0 Å². The van der Waals surface area contributed by atoms with Crippen LogP contribution in [0.25, 0.3) is 0 Å². The van der Waals surface area contributed by atoms with Gasteiger partial charge in [-0.05, 0) is 41.4 Å². The van der Waals surface area contributed by atoms with Gasteiger partial charge in [-0.1, -0.05) is 6.92 Å². The monoisotopic (exact) mass is 160 g/mol. The second-order valence-electron chi connectivity index (χ2n) is 5.96. The molecule has 0 amide bonds. The molecule has 0 heterocycles. The second kappa shape index (κ2) is 1.06. The molecule has 6 rings (SSSR count). The Morgan fingerprint density at radius 1 is 1.33 bits per heavy atom. The van der Waals surface area contributed by atoms with Gasteiger partial charge in [-0.2, -0.15) is 0 Å². The molecule has 0 spiro atoms. The summed E-state index contributed by atoms with van der Waals surface area (Å²) >= 11 is 0. The Balaban J connectivity index is 1.92. The molecule has 6 saturated carbocycles. The number of Topliss-reactive ketones (excluding diaryl/α,β-unsaturated/α-hetero) is 1. The standard InChI is InChI=1S/C11H12O/c1-11-7-4-2-3-5(7)9(11)10(12)6(3)8(4)11/h3-9H,2H2,1H3. The molecular formula is C11H12O. The summed E-state index contributed by atoms with van der Waals surface area (Å²) in [5.74, 6) is 6.48. The Bertz CT molecular complexity index is 343. The molecule has 0 N–H and O–H groups in total. The Hall–Kier alpha value is -0.330. The molecule has 6 aliphatic carbocycles. The zero-order chi connectivity index (χ0) is 7.83. The van der Waals surface area contributed by atoms with Gasteiger partial charge in [0.05, 0.1) is 0 Å². The van der Waals surface area contributed by atoms with Crippen LogP contribution in [0.3, 0.4) is 0 Å². The Labute approximate surface area is 71.5 Å². The highest BCUT2D eigenvalue weighted by Crippen LogP contribution is 2.92. The first-order chi connectivity index (χ1) is 5.76. The smallest absolute Gasteiger partial charge is 0.140 e. The maximum atomic E-state index is 11.9. The zero-order valence-corrected chi connectivity index (χ0v) is 7.16. The molecule has 0 saturated heterocycles. The summed E-state index contributed by atoms with van der Waals surface area (Å²) in [5.41, 5.74) is 0.546. The molecule has 0 aromatic heterocycles. The van der Waals surface area contributed by atoms with Gasteiger partial charge in [0.15, 0.2) is 0 Å². The van der Waals surface area contributed by atoms with E-state index in [1.807, 2.05) is 0 Å². The van der Waals surface area contributed by atoms with E-state index in [1.54, 1.807) is 0 Å². The molecule has 6 fully saturated rings. The lowest BCUT2D eigenvalue weighted by atomic mass is 9.33. The van der Waals surface area contributed by atoms with Crippen LogP contribution in [-0.2, 0) is 4.79 Å². The summed E-state index contributed by atoms with van der Waals surface area (Å²) in [6.45, 7) is 2.40. The largest absolute Gasteiger partial charge is 0.299 e. The Morgan fingerprint density at radius 3 is 2.83 bits per heavy atom. The van der Waals surface area contributed by atoms with E-state index in [-0.39, 0.29) is 0 Å².